The first kappa shape index (κ1) is 14.0. The smallest absolute Gasteiger partial charge is 0.252 e. The minimum absolute atomic E-state index is 0.401. The lowest BCUT2D eigenvalue weighted by Gasteiger charge is -2.15. The van der Waals surface area contributed by atoms with Gasteiger partial charge in [-0.05, 0) is 30.9 Å². The molecule has 102 valence electrons. The zero-order valence-corrected chi connectivity index (χ0v) is 12.3. The summed E-state index contributed by atoms with van der Waals surface area (Å²) in [4.78, 5) is 0.915. The van der Waals surface area contributed by atoms with Crippen molar-refractivity contribution in [3.63, 3.8) is 0 Å². The van der Waals surface area contributed by atoms with Crippen molar-refractivity contribution in [3.05, 3.63) is 17.0 Å². The topological polar surface area (TPSA) is 63.4 Å². The Balaban J connectivity index is 2.12. The van der Waals surface area contributed by atoms with Gasteiger partial charge in [0.05, 0.1) is 0 Å². The fourth-order valence-electron chi connectivity index (χ4n) is 2.39. The van der Waals surface area contributed by atoms with Gasteiger partial charge in [0.1, 0.15) is 4.21 Å². The van der Waals surface area contributed by atoms with Crippen molar-refractivity contribution < 1.29 is 8.42 Å². The van der Waals surface area contributed by atoms with Crippen molar-refractivity contribution in [2.45, 2.75) is 36.9 Å². The number of nitrogens with zero attached hydrogens (tertiary/aromatic N) is 1. The highest BCUT2D eigenvalue weighted by Gasteiger charge is 2.32. The maximum absolute atomic E-state index is 12.4. The van der Waals surface area contributed by atoms with E-state index in [1.165, 1.54) is 11.3 Å². The summed E-state index contributed by atoms with van der Waals surface area (Å²) in [5.41, 5.74) is 5.52. The van der Waals surface area contributed by atoms with Gasteiger partial charge in [0.15, 0.2) is 0 Å². The van der Waals surface area contributed by atoms with E-state index in [0.29, 0.717) is 29.8 Å². The van der Waals surface area contributed by atoms with Crippen LogP contribution in [0.15, 0.2) is 16.3 Å². The molecule has 1 saturated heterocycles. The van der Waals surface area contributed by atoms with E-state index in [1.54, 1.807) is 16.4 Å². The molecule has 0 aromatic carbocycles. The van der Waals surface area contributed by atoms with Crippen molar-refractivity contribution in [2.75, 3.05) is 13.1 Å². The maximum atomic E-state index is 12.4. The molecule has 1 aliphatic rings. The second kappa shape index (κ2) is 5.69. The van der Waals surface area contributed by atoms with Gasteiger partial charge >= 0.3 is 0 Å². The van der Waals surface area contributed by atoms with E-state index in [9.17, 15) is 8.42 Å². The predicted octanol–water partition coefficient (Wildman–Crippen LogP) is 2.02. The Morgan fingerprint density at radius 2 is 2.28 bits per heavy atom. The monoisotopic (exact) mass is 288 g/mol. The van der Waals surface area contributed by atoms with Gasteiger partial charge in [-0.15, -0.1) is 11.3 Å². The van der Waals surface area contributed by atoms with Gasteiger partial charge < -0.3 is 5.73 Å². The van der Waals surface area contributed by atoms with Crippen LogP contribution in [0.3, 0.4) is 0 Å². The third kappa shape index (κ3) is 2.77. The van der Waals surface area contributed by atoms with E-state index in [2.05, 4.69) is 6.92 Å². The Kier molecular flexibility index (Phi) is 4.42. The number of hydrogen-bond acceptors (Lipinski definition) is 4. The Morgan fingerprint density at radius 1 is 1.50 bits per heavy atom. The molecule has 1 fully saturated rings. The SMILES string of the molecule is CCCC1CCN(S(=O)(=O)c2ccc(CN)s2)C1. The van der Waals surface area contributed by atoms with Crippen molar-refractivity contribution >= 4 is 21.4 Å². The minimum Gasteiger partial charge on any atom is -0.326 e. The summed E-state index contributed by atoms with van der Waals surface area (Å²) in [5, 5.41) is 0. The van der Waals surface area contributed by atoms with Crippen LogP contribution in [0.5, 0.6) is 0 Å². The second-order valence-corrected chi connectivity index (χ2v) is 8.06. The van der Waals surface area contributed by atoms with Crippen LogP contribution >= 0.6 is 11.3 Å². The highest BCUT2D eigenvalue weighted by molar-refractivity contribution is 7.91. The van der Waals surface area contributed by atoms with Crippen LogP contribution in [0.2, 0.25) is 0 Å². The molecule has 0 bridgehead atoms. The highest BCUT2D eigenvalue weighted by atomic mass is 32.2. The highest BCUT2D eigenvalue weighted by Crippen LogP contribution is 2.30. The standard InChI is InChI=1S/C12H20N2O2S2/c1-2-3-10-6-7-14(9-10)18(15,16)12-5-4-11(8-13)17-12/h4-5,10H,2-3,6-9,13H2,1H3. The van der Waals surface area contributed by atoms with Crippen LogP contribution in [0.25, 0.3) is 0 Å². The fraction of sp³-hybridized carbons (Fsp3) is 0.667. The summed E-state index contributed by atoms with van der Waals surface area (Å²) in [7, 11) is -3.28. The van der Waals surface area contributed by atoms with Gasteiger partial charge in [-0.1, -0.05) is 13.3 Å². The number of hydrogen-bond donors (Lipinski definition) is 1. The van der Waals surface area contributed by atoms with Crippen LogP contribution in [0.4, 0.5) is 0 Å². The first-order valence-electron chi connectivity index (χ1n) is 6.37. The van der Waals surface area contributed by atoms with Crippen LogP contribution in [0.1, 0.15) is 31.1 Å². The summed E-state index contributed by atoms with van der Waals surface area (Å²) >= 11 is 1.29. The Bertz CT molecular complexity index is 496. The lowest BCUT2D eigenvalue weighted by molar-refractivity contribution is 0.446. The summed E-state index contributed by atoms with van der Waals surface area (Å²) in [6, 6.07) is 3.48. The zero-order valence-electron chi connectivity index (χ0n) is 10.6. The quantitative estimate of drug-likeness (QED) is 0.901. The van der Waals surface area contributed by atoms with Gasteiger partial charge in [0.25, 0.3) is 10.0 Å². The number of thiophene rings is 1. The largest absolute Gasteiger partial charge is 0.326 e. The van der Waals surface area contributed by atoms with Crippen LogP contribution in [-0.4, -0.2) is 25.8 Å². The molecule has 0 radical (unpaired) electrons. The van der Waals surface area contributed by atoms with Gasteiger partial charge in [-0.2, -0.15) is 4.31 Å². The van der Waals surface area contributed by atoms with E-state index >= 15 is 0 Å². The minimum atomic E-state index is -3.28. The molecule has 2 rings (SSSR count). The molecule has 2 N–H and O–H groups in total. The molecule has 0 saturated carbocycles. The van der Waals surface area contributed by atoms with Gasteiger partial charge in [0, 0.05) is 24.5 Å². The number of rotatable bonds is 5. The first-order valence-corrected chi connectivity index (χ1v) is 8.62. The molecule has 0 spiro atoms. The molecule has 0 aliphatic carbocycles. The van der Waals surface area contributed by atoms with Crippen LogP contribution in [0, 0.1) is 5.92 Å². The van der Waals surface area contributed by atoms with Crippen molar-refractivity contribution in [2.24, 2.45) is 11.7 Å². The van der Waals surface area contributed by atoms with Crippen molar-refractivity contribution in [3.8, 4) is 0 Å². The Labute approximate surface area is 113 Å². The average molecular weight is 288 g/mol. The lowest BCUT2D eigenvalue weighted by atomic mass is 10.0. The summed E-state index contributed by atoms with van der Waals surface area (Å²) in [6.07, 6.45) is 3.22. The fourth-order valence-corrected chi connectivity index (χ4v) is 5.31. The Hall–Kier alpha value is -0.430. The molecule has 18 heavy (non-hydrogen) atoms. The van der Waals surface area contributed by atoms with Gasteiger partial charge in [0.2, 0.25) is 0 Å². The molecule has 1 aromatic heterocycles. The first-order chi connectivity index (χ1) is 8.57. The lowest BCUT2D eigenvalue weighted by Crippen LogP contribution is -2.28. The predicted molar refractivity (Wildman–Crippen MR) is 74.0 cm³/mol. The Morgan fingerprint density at radius 3 is 2.89 bits per heavy atom. The second-order valence-electron chi connectivity index (χ2n) is 4.73. The molecule has 2 heterocycles. The van der Waals surface area contributed by atoms with E-state index in [1.807, 2.05) is 0 Å². The average Bonchev–Trinajstić information content (AvgIpc) is 2.98. The van der Waals surface area contributed by atoms with Gasteiger partial charge in [-0.3, -0.25) is 0 Å². The third-order valence-electron chi connectivity index (χ3n) is 3.38. The van der Waals surface area contributed by atoms with E-state index in [-0.39, 0.29) is 0 Å². The molecule has 1 unspecified atom stereocenters. The molecule has 1 aliphatic heterocycles. The van der Waals surface area contributed by atoms with E-state index < -0.39 is 10.0 Å². The van der Waals surface area contributed by atoms with Crippen molar-refractivity contribution in [1.29, 1.82) is 0 Å². The molecule has 6 heteroatoms. The number of nitrogens with two attached hydrogens (primary N) is 1. The molecule has 0 amide bonds. The van der Waals surface area contributed by atoms with Crippen molar-refractivity contribution in [1.82, 2.24) is 4.31 Å². The molecular formula is C12H20N2O2S2. The third-order valence-corrected chi connectivity index (χ3v) is 6.82. The zero-order chi connectivity index (χ0) is 13.2. The maximum Gasteiger partial charge on any atom is 0.252 e. The number of sulfonamides is 1. The summed E-state index contributed by atoms with van der Waals surface area (Å²) in [5.74, 6) is 0.527. The molecule has 1 atom stereocenters. The van der Waals surface area contributed by atoms with Gasteiger partial charge in [-0.25, -0.2) is 8.42 Å². The molecule has 4 nitrogen and oxygen atoms in total. The molecular weight excluding hydrogens is 268 g/mol. The molecule has 1 aromatic rings. The normalized spacial score (nSPS) is 21.6. The van der Waals surface area contributed by atoms with Crippen LogP contribution in [-0.2, 0) is 16.6 Å². The van der Waals surface area contributed by atoms with E-state index in [0.717, 1.165) is 24.1 Å². The summed E-state index contributed by atoms with van der Waals surface area (Å²) in [6.45, 7) is 3.87. The van der Waals surface area contributed by atoms with Crippen LogP contribution < -0.4 is 5.73 Å². The van der Waals surface area contributed by atoms with E-state index in [4.69, 9.17) is 5.73 Å². The summed E-state index contributed by atoms with van der Waals surface area (Å²) < 4.78 is 26.9.